The first-order chi connectivity index (χ1) is 17.3. The van der Waals surface area contributed by atoms with Crippen molar-refractivity contribution < 1.29 is 23.9 Å². The Kier molecular flexibility index (Phi) is 10.5. The first-order valence-corrected chi connectivity index (χ1v) is 13.6. The number of hydrogen-bond donors (Lipinski definition) is 2. The molecule has 0 aliphatic heterocycles. The molecular formula is C29H42N2O5. The van der Waals surface area contributed by atoms with Crippen molar-refractivity contribution in [2.45, 2.75) is 97.2 Å². The predicted molar refractivity (Wildman–Crippen MR) is 138 cm³/mol. The average molecular weight is 499 g/mol. The van der Waals surface area contributed by atoms with Crippen molar-refractivity contribution in [3.05, 3.63) is 35.9 Å². The Hall–Kier alpha value is -2.70. The van der Waals surface area contributed by atoms with Crippen molar-refractivity contribution in [1.29, 1.82) is 0 Å². The molecule has 0 unspecified atom stereocenters. The van der Waals surface area contributed by atoms with Crippen LogP contribution >= 0.6 is 0 Å². The van der Waals surface area contributed by atoms with Gasteiger partial charge in [-0.05, 0) is 63.4 Å². The lowest BCUT2D eigenvalue weighted by Gasteiger charge is -2.23. The average Bonchev–Trinajstić information content (AvgIpc) is 3.55. The van der Waals surface area contributed by atoms with E-state index in [1.807, 2.05) is 30.3 Å². The Bertz CT molecular complexity index is 902. The van der Waals surface area contributed by atoms with E-state index in [4.69, 9.17) is 4.74 Å². The lowest BCUT2D eigenvalue weighted by molar-refractivity contribution is -0.149. The first kappa shape index (κ1) is 27.9. The maximum Gasteiger partial charge on any atom is 0.328 e. The topological polar surface area (TPSA) is 102 Å². The third-order valence-electron chi connectivity index (χ3n) is 8.06. The molecule has 6 atom stereocenters. The van der Waals surface area contributed by atoms with Gasteiger partial charge in [-0.2, -0.15) is 0 Å². The second kappa shape index (κ2) is 13.6. The van der Waals surface area contributed by atoms with E-state index in [0.29, 0.717) is 18.8 Å². The smallest absolute Gasteiger partial charge is 0.328 e. The number of rotatable bonds is 12. The van der Waals surface area contributed by atoms with Crippen molar-refractivity contribution in [3.63, 3.8) is 0 Å². The number of ketones is 1. The monoisotopic (exact) mass is 498 g/mol. The van der Waals surface area contributed by atoms with Crippen molar-refractivity contribution in [3.8, 4) is 0 Å². The fourth-order valence-corrected chi connectivity index (χ4v) is 5.78. The van der Waals surface area contributed by atoms with Crippen LogP contribution < -0.4 is 10.6 Å². The quantitative estimate of drug-likeness (QED) is 0.418. The van der Waals surface area contributed by atoms with Crippen molar-refractivity contribution >= 4 is 23.6 Å². The van der Waals surface area contributed by atoms with Gasteiger partial charge in [0.1, 0.15) is 12.6 Å². The molecule has 7 nitrogen and oxygen atoms in total. The van der Waals surface area contributed by atoms with Gasteiger partial charge in [-0.15, -0.1) is 0 Å². The Morgan fingerprint density at radius 1 is 0.861 bits per heavy atom. The Morgan fingerprint density at radius 2 is 1.44 bits per heavy atom. The molecule has 36 heavy (non-hydrogen) atoms. The molecule has 1 aromatic rings. The third-order valence-corrected chi connectivity index (χ3v) is 8.06. The molecule has 2 amide bonds. The molecule has 2 saturated carbocycles. The number of esters is 1. The minimum absolute atomic E-state index is 0.00598. The van der Waals surface area contributed by atoms with Crippen LogP contribution in [0.25, 0.3) is 0 Å². The van der Waals surface area contributed by atoms with E-state index >= 15 is 0 Å². The van der Waals surface area contributed by atoms with Crippen LogP contribution in [0.4, 0.5) is 0 Å². The maximum atomic E-state index is 12.9. The van der Waals surface area contributed by atoms with Crippen molar-refractivity contribution in [1.82, 2.24) is 10.6 Å². The van der Waals surface area contributed by atoms with Gasteiger partial charge < -0.3 is 15.4 Å². The number of hydrogen-bond acceptors (Lipinski definition) is 5. The van der Waals surface area contributed by atoms with Crippen molar-refractivity contribution in [2.24, 2.45) is 23.7 Å². The van der Waals surface area contributed by atoms with E-state index in [1.165, 1.54) is 0 Å². The van der Waals surface area contributed by atoms with E-state index < -0.39 is 18.1 Å². The lowest BCUT2D eigenvalue weighted by atomic mass is 9.89. The first-order valence-electron chi connectivity index (χ1n) is 13.6. The SMILES string of the molecule is CC[C@@H]1CCC[C@H]1C(=O)N[C@H](C)C(=O)CC[C@@H]1CCC[C@H]1C(=O)N[C@H](C)C(=O)OCc1ccccc1. The highest BCUT2D eigenvalue weighted by Crippen LogP contribution is 2.36. The van der Waals surface area contributed by atoms with E-state index in [2.05, 4.69) is 17.6 Å². The molecule has 0 bridgehead atoms. The van der Waals surface area contributed by atoms with Crippen LogP contribution in [0, 0.1) is 23.7 Å². The number of benzene rings is 1. The minimum Gasteiger partial charge on any atom is -0.459 e. The molecule has 3 rings (SSSR count). The molecule has 2 aliphatic rings. The van der Waals surface area contributed by atoms with Crippen LogP contribution in [0.3, 0.4) is 0 Å². The van der Waals surface area contributed by atoms with Crippen LogP contribution in [0.15, 0.2) is 30.3 Å². The Labute approximate surface area is 215 Å². The summed E-state index contributed by atoms with van der Waals surface area (Å²) < 4.78 is 5.33. The zero-order valence-electron chi connectivity index (χ0n) is 22.0. The predicted octanol–water partition coefficient (Wildman–Crippen LogP) is 4.33. The summed E-state index contributed by atoms with van der Waals surface area (Å²) in [7, 11) is 0. The maximum absolute atomic E-state index is 12.9. The van der Waals surface area contributed by atoms with Gasteiger partial charge in [-0.1, -0.05) is 56.5 Å². The summed E-state index contributed by atoms with van der Waals surface area (Å²) in [6.45, 7) is 5.68. The van der Waals surface area contributed by atoms with Crippen LogP contribution in [-0.2, 0) is 30.5 Å². The number of nitrogens with one attached hydrogen (secondary N) is 2. The molecule has 2 N–H and O–H groups in total. The van der Waals surface area contributed by atoms with Gasteiger partial charge in [0.25, 0.3) is 0 Å². The minimum atomic E-state index is -0.734. The zero-order chi connectivity index (χ0) is 26.1. The highest BCUT2D eigenvalue weighted by atomic mass is 16.5. The van der Waals surface area contributed by atoms with Gasteiger partial charge in [0.2, 0.25) is 11.8 Å². The third kappa shape index (κ3) is 7.65. The second-order valence-corrected chi connectivity index (χ2v) is 10.6. The lowest BCUT2D eigenvalue weighted by Crippen LogP contribution is -2.44. The standard InChI is InChI=1S/C29H42N2O5/c1-4-22-12-8-14-24(22)27(33)30-19(2)26(32)17-16-23-13-9-15-25(23)28(34)31-20(3)29(35)36-18-21-10-6-5-7-11-21/h5-7,10-11,19-20,22-25H,4,8-9,12-18H2,1-3H3,(H,30,33)(H,31,34)/t19-,20-,22-,23+,24-,25-/m1/s1. The van der Waals surface area contributed by atoms with Crippen LogP contribution in [0.2, 0.25) is 0 Å². The highest BCUT2D eigenvalue weighted by Gasteiger charge is 2.36. The summed E-state index contributed by atoms with van der Waals surface area (Å²) in [5.41, 5.74) is 0.892. The normalized spacial score (nSPS) is 25.1. The molecule has 0 aromatic heterocycles. The second-order valence-electron chi connectivity index (χ2n) is 10.6. The summed E-state index contributed by atoms with van der Waals surface area (Å²) in [5, 5.41) is 5.75. The summed E-state index contributed by atoms with van der Waals surface area (Å²) >= 11 is 0. The van der Waals surface area contributed by atoms with Crippen molar-refractivity contribution in [2.75, 3.05) is 0 Å². The number of amides is 2. The van der Waals surface area contributed by atoms with Gasteiger partial charge in [0.15, 0.2) is 5.78 Å². The Morgan fingerprint density at radius 3 is 2.08 bits per heavy atom. The van der Waals surface area contributed by atoms with Crippen LogP contribution in [0.5, 0.6) is 0 Å². The molecule has 0 radical (unpaired) electrons. The molecule has 1 aromatic carbocycles. The summed E-state index contributed by atoms with van der Waals surface area (Å²) in [6.07, 6.45) is 7.59. The molecule has 198 valence electrons. The largest absolute Gasteiger partial charge is 0.459 e. The molecule has 0 spiro atoms. The summed E-state index contributed by atoms with van der Waals surface area (Å²) in [5.74, 6) is -0.265. The molecule has 0 heterocycles. The number of carbonyl (C=O) groups is 4. The summed E-state index contributed by atoms with van der Waals surface area (Å²) in [6, 6.07) is 8.17. The molecule has 0 saturated heterocycles. The molecule has 2 aliphatic carbocycles. The fourth-order valence-electron chi connectivity index (χ4n) is 5.78. The summed E-state index contributed by atoms with van der Waals surface area (Å²) in [4.78, 5) is 50.7. The van der Waals surface area contributed by atoms with Gasteiger partial charge in [-0.25, -0.2) is 4.79 Å². The molecule has 7 heteroatoms. The van der Waals surface area contributed by atoms with E-state index in [9.17, 15) is 19.2 Å². The van der Waals surface area contributed by atoms with Crippen LogP contribution in [0.1, 0.15) is 84.1 Å². The zero-order valence-corrected chi connectivity index (χ0v) is 22.0. The van der Waals surface area contributed by atoms with E-state index in [1.54, 1.807) is 13.8 Å². The van der Waals surface area contributed by atoms with Gasteiger partial charge >= 0.3 is 5.97 Å². The molecule has 2 fully saturated rings. The number of carbonyl (C=O) groups excluding carboxylic acids is 4. The fraction of sp³-hybridized carbons (Fsp3) is 0.655. The van der Waals surface area contributed by atoms with Gasteiger partial charge in [0.05, 0.1) is 6.04 Å². The molecular weight excluding hydrogens is 456 g/mol. The highest BCUT2D eigenvalue weighted by molar-refractivity contribution is 5.90. The van der Waals surface area contributed by atoms with E-state index in [-0.39, 0.29) is 42.0 Å². The van der Waals surface area contributed by atoms with Gasteiger partial charge in [0, 0.05) is 18.3 Å². The Balaban J connectivity index is 1.41. The van der Waals surface area contributed by atoms with Gasteiger partial charge in [-0.3, -0.25) is 14.4 Å². The van der Waals surface area contributed by atoms with Crippen LogP contribution in [-0.4, -0.2) is 35.7 Å². The number of Topliss-reactive ketones (excluding diaryl/α,β-unsaturated/α-hetero) is 1. The number of ether oxygens (including phenoxy) is 1. The van der Waals surface area contributed by atoms with E-state index in [0.717, 1.165) is 50.5 Å².